The van der Waals surface area contributed by atoms with Crippen molar-refractivity contribution in [1.82, 2.24) is 14.9 Å². The second kappa shape index (κ2) is 3.64. The third-order valence-corrected chi connectivity index (χ3v) is 6.18. The van der Waals surface area contributed by atoms with E-state index in [2.05, 4.69) is 22.5 Å². The largest absolute Gasteiger partial charge is 0.318 e. The fourth-order valence-electron chi connectivity index (χ4n) is 4.06. The molecule has 0 aromatic carbocycles. The zero-order valence-corrected chi connectivity index (χ0v) is 10.9. The van der Waals surface area contributed by atoms with E-state index < -0.39 is 0 Å². The molecule has 3 aliphatic rings. The van der Waals surface area contributed by atoms with Gasteiger partial charge in [-0.15, -0.1) is 10.2 Å². The molecule has 5 atom stereocenters. The van der Waals surface area contributed by atoms with Crippen molar-refractivity contribution in [2.75, 3.05) is 5.43 Å². The molecular weight excluding hydrogens is 232 g/mol. The molecule has 1 aromatic heterocycles. The van der Waals surface area contributed by atoms with Gasteiger partial charge in [0.15, 0.2) is 0 Å². The van der Waals surface area contributed by atoms with Crippen molar-refractivity contribution in [3.8, 4) is 0 Å². The van der Waals surface area contributed by atoms with Gasteiger partial charge in [0.1, 0.15) is 6.33 Å². The molecule has 5 heteroatoms. The summed E-state index contributed by atoms with van der Waals surface area (Å²) in [5, 5.41) is 9.90. The Morgan fingerprint density at radius 3 is 3.29 bits per heavy atom. The van der Waals surface area contributed by atoms with E-state index in [1.807, 2.05) is 16.4 Å². The molecule has 0 amide bonds. The molecular formula is C12H18N4S. The van der Waals surface area contributed by atoms with E-state index >= 15 is 0 Å². The molecule has 5 unspecified atom stereocenters. The normalized spacial score (nSPS) is 43.5. The number of fused-ring (bicyclic) bond motifs is 4. The number of nitrogens with zero attached hydrogens (tertiary/aromatic N) is 3. The monoisotopic (exact) mass is 250 g/mol. The molecule has 92 valence electrons. The Labute approximate surface area is 106 Å². The molecule has 2 saturated carbocycles. The summed E-state index contributed by atoms with van der Waals surface area (Å²) in [4.78, 5) is 0. The lowest BCUT2D eigenvalue weighted by Crippen LogP contribution is -2.42. The molecule has 0 bridgehead atoms. The summed E-state index contributed by atoms with van der Waals surface area (Å²) in [6, 6.07) is 0.635. The predicted molar refractivity (Wildman–Crippen MR) is 67.4 cm³/mol. The summed E-state index contributed by atoms with van der Waals surface area (Å²) >= 11 is 1.93. The maximum atomic E-state index is 4.17. The van der Waals surface area contributed by atoms with Gasteiger partial charge in [-0.1, -0.05) is 31.5 Å². The smallest absolute Gasteiger partial charge is 0.210 e. The second-order valence-corrected chi connectivity index (χ2v) is 6.97. The first-order chi connectivity index (χ1) is 8.33. The van der Waals surface area contributed by atoms with Crippen LogP contribution in [0, 0.1) is 17.8 Å². The van der Waals surface area contributed by atoms with Gasteiger partial charge >= 0.3 is 0 Å². The van der Waals surface area contributed by atoms with Gasteiger partial charge < -0.3 is 5.43 Å². The fraction of sp³-hybridized carbons (Fsp3) is 0.833. The molecule has 2 aliphatic carbocycles. The number of thioether (sulfide) groups is 1. The lowest BCUT2D eigenvalue weighted by Gasteiger charge is -2.36. The first-order valence-corrected chi connectivity index (χ1v) is 7.54. The van der Waals surface area contributed by atoms with Crippen LogP contribution in [0.25, 0.3) is 0 Å². The Hall–Kier alpha value is -0.710. The molecule has 0 spiro atoms. The van der Waals surface area contributed by atoms with Crippen LogP contribution in [0.15, 0.2) is 11.5 Å². The topological polar surface area (TPSA) is 42.7 Å². The number of rotatable bonds is 0. The standard InChI is InChI=1S/C12H18N4S/c1-7-3-2-4-8-9(7)5-10-11(8)15-16-6-13-14-12(16)17-10/h6-11,15H,2-5H2,1H3. The lowest BCUT2D eigenvalue weighted by molar-refractivity contribution is 0.187. The number of aromatic nitrogens is 3. The van der Waals surface area contributed by atoms with E-state index in [0.717, 1.165) is 22.9 Å². The van der Waals surface area contributed by atoms with Crippen molar-refractivity contribution in [2.45, 2.75) is 49.1 Å². The summed E-state index contributed by atoms with van der Waals surface area (Å²) in [5.41, 5.74) is 3.63. The second-order valence-electron chi connectivity index (χ2n) is 5.77. The van der Waals surface area contributed by atoms with Crippen molar-refractivity contribution < 1.29 is 0 Å². The van der Waals surface area contributed by atoms with Crippen LogP contribution in [0.2, 0.25) is 0 Å². The van der Waals surface area contributed by atoms with Crippen molar-refractivity contribution >= 4 is 11.8 Å². The first kappa shape index (κ1) is 10.2. The number of nitrogens with one attached hydrogen (secondary N) is 1. The zero-order valence-electron chi connectivity index (χ0n) is 10.0. The Kier molecular flexibility index (Phi) is 2.19. The lowest BCUT2D eigenvalue weighted by atomic mass is 9.74. The van der Waals surface area contributed by atoms with Crippen LogP contribution in [0.5, 0.6) is 0 Å². The molecule has 17 heavy (non-hydrogen) atoms. The van der Waals surface area contributed by atoms with Crippen LogP contribution in [0.3, 0.4) is 0 Å². The van der Waals surface area contributed by atoms with Gasteiger partial charge in [0.05, 0.1) is 6.04 Å². The van der Waals surface area contributed by atoms with Gasteiger partial charge in [-0.2, -0.15) is 0 Å². The zero-order chi connectivity index (χ0) is 11.4. The third kappa shape index (κ3) is 1.44. The fourth-order valence-corrected chi connectivity index (χ4v) is 5.37. The number of hydrogen-bond acceptors (Lipinski definition) is 4. The molecule has 0 saturated heterocycles. The van der Waals surface area contributed by atoms with E-state index in [4.69, 9.17) is 0 Å². The summed E-state index contributed by atoms with van der Waals surface area (Å²) in [7, 11) is 0. The quantitative estimate of drug-likeness (QED) is 0.766. The summed E-state index contributed by atoms with van der Waals surface area (Å²) in [6.45, 7) is 2.44. The average molecular weight is 250 g/mol. The van der Waals surface area contributed by atoms with E-state index in [1.165, 1.54) is 25.7 Å². The molecule has 1 aromatic rings. The van der Waals surface area contributed by atoms with E-state index in [1.54, 1.807) is 6.33 Å². The summed E-state index contributed by atoms with van der Waals surface area (Å²) in [5.74, 6) is 2.70. The van der Waals surface area contributed by atoms with Crippen LogP contribution in [-0.4, -0.2) is 26.2 Å². The van der Waals surface area contributed by atoms with Crippen molar-refractivity contribution in [2.24, 2.45) is 17.8 Å². The van der Waals surface area contributed by atoms with Gasteiger partial charge in [0.25, 0.3) is 0 Å². The highest BCUT2D eigenvalue weighted by Gasteiger charge is 2.49. The van der Waals surface area contributed by atoms with E-state index in [0.29, 0.717) is 11.3 Å². The molecule has 2 heterocycles. The van der Waals surface area contributed by atoms with Gasteiger partial charge in [-0.25, -0.2) is 4.68 Å². The molecule has 1 N–H and O–H groups in total. The summed E-state index contributed by atoms with van der Waals surface area (Å²) in [6.07, 6.45) is 7.41. The molecule has 4 rings (SSSR count). The van der Waals surface area contributed by atoms with Crippen LogP contribution >= 0.6 is 11.8 Å². The minimum Gasteiger partial charge on any atom is -0.318 e. The van der Waals surface area contributed by atoms with Crippen LogP contribution in [-0.2, 0) is 0 Å². The predicted octanol–water partition coefficient (Wildman–Crippen LogP) is 2.12. The highest BCUT2D eigenvalue weighted by molar-refractivity contribution is 7.99. The maximum absolute atomic E-state index is 4.17. The molecule has 2 fully saturated rings. The van der Waals surface area contributed by atoms with E-state index in [-0.39, 0.29) is 0 Å². The first-order valence-electron chi connectivity index (χ1n) is 6.66. The SMILES string of the molecule is CC1CCCC2C1CC1Sc3nncn3NC12. The summed E-state index contributed by atoms with van der Waals surface area (Å²) < 4.78 is 2.02. The molecule has 0 radical (unpaired) electrons. The van der Waals surface area contributed by atoms with Crippen LogP contribution in [0.4, 0.5) is 0 Å². The van der Waals surface area contributed by atoms with Crippen molar-refractivity contribution in [3.63, 3.8) is 0 Å². The van der Waals surface area contributed by atoms with E-state index in [9.17, 15) is 0 Å². The Morgan fingerprint density at radius 1 is 1.41 bits per heavy atom. The van der Waals surface area contributed by atoms with Gasteiger partial charge in [0.2, 0.25) is 5.16 Å². The number of hydrogen-bond donors (Lipinski definition) is 1. The molecule has 4 nitrogen and oxygen atoms in total. The van der Waals surface area contributed by atoms with Gasteiger partial charge in [0, 0.05) is 5.25 Å². The Balaban J connectivity index is 1.64. The Bertz CT molecular complexity index is 432. The highest BCUT2D eigenvalue weighted by Crippen LogP contribution is 2.51. The maximum Gasteiger partial charge on any atom is 0.210 e. The Morgan fingerprint density at radius 2 is 2.35 bits per heavy atom. The third-order valence-electron chi connectivity index (χ3n) is 4.91. The minimum absolute atomic E-state index is 0.635. The highest BCUT2D eigenvalue weighted by atomic mass is 32.2. The molecule has 1 aliphatic heterocycles. The van der Waals surface area contributed by atoms with Crippen LogP contribution in [0.1, 0.15) is 32.6 Å². The van der Waals surface area contributed by atoms with Gasteiger partial charge in [-0.3, -0.25) is 0 Å². The minimum atomic E-state index is 0.635. The van der Waals surface area contributed by atoms with Crippen LogP contribution < -0.4 is 5.43 Å². The average Bonchev–Trinajstić information content (AvgIpc) is 2.90. The van der Waals surface area contributed by atoms with Gasteiger partial charge in [-0.05, 0) is 30.6 Å². The van der Waals surface area contributed by atoms with Crippen molar-refractivity contribution in [1.29, 1.82) is 0 Å². The van der Waals surface area contributed by atoms with Crippen molar-refractivity contribution in [3.05, 3.63) is 6.33 Å².